The third kappa shape index (κ3) is 5.50. The van der Waals surface area contributed by atoms with E-state index in [2.05, 4.69) is 25.9 Å². The molecule has 0 spiro atoms. The molecule has 1 atom stereocenters. The molecular weight excluding hydrogens is 535 g/mol. The van der Waals surface area contributed by atoms with Crippen LogP contribution >= 0.6 is 0 Å². The van der Waals surface area contributed by atoms with E-state index in [0.717, 1.165) is 17.5 Å². The lowest BCUT2D eigenvalue weighted by Gasteiger charge is -2.14. The maximum Gasteiger partial charge on any atom is 0.335 e. The van der Waals surface area contributed by atoms with Crippen LogP contribution in [-0.4, -0.2) is 32.9 Å². The minimum atomic E-state index is -1.02. The Kier molecular flexibility index (Phi) is 7.25. The Morgan fingerprint density at radius 3 is 2.46 bits per heavy atom. The van der Waals surface area contributed by atoms with Crippen molar-refractivity contribution in [1.29, 1.82) is 0 Å². The number of nitrogen functional groups attached to an aromatic ring is 1. The predicted molar refractivity (Wildman–Crippen MR) is 145 cm³/mol. The highest BCUT2D eigenvalue weighted by Gasteiger charge is 2.26. The molecule has 0 saturated carbocycles. The molecule has 1 heterocycles. The number of nitrogens with two attached hydrogens (primary N) is 1. The van der Waals surface area contributed by atoms with Crippen molar-refractivity contribution in [2.75, 3.05) is 11.1 Å². The number of carbonyl (C=O) groups excluding carboxylic acids is 2. The van der Waals surface area contributed by atoms with Crippen LogP contribution in [0.5, 0.6) is 0 Å². The van der Waals surface area contributed by atoms with Gasteiger partial charge in [-0.2, -0.15) is 0 Å². The second kappa shape index (κ2) is 11.0. The fourth-order valence-corrected chi connectivity index (χ4v) is 4.65. The third-order valence-corrected chi connectivity index (χ3v) is 6.87. The highest BCUT2D eigenvalue weighted by Crippen LogP contribution is 2.32. The number of aryl methyl sites for hydroxylation is 1. The lowest BCUT2D eigenvalue weighted by Crippen LogP contribution is -2.37. The number of hydrogen-bond acceptors (Lipinski definition) is 9. The zero-order valence-corrected chi connectivity index (χ0v) is 21.4. The average molecular weight is 559 g/mol. The molecule has 0 saturated heterocycles. The van der Waals surface area contributed by atoms with Crippen molar-refractivity contribution in [3.05, 3.63) is 114 Å². The van der Waals surface area contributed by atoms with Gasteiger partial charge in [0.1, 0.15) is 34.9 Å². The molecule has 41 heavy (non-hydrogen) atoms. The molecule has 1 aliphatic carbocycles. The van der Waals surface area contributed by atoms with Gasteiger partial charge in [-0.1, -0.05) is 12.1 Å². The van der Waals surface area contributed by atoms with Gasteiger partial charge in [-0.25, -0.2) is 19.2 Å². The number of nitrogens with zero attached hydrogens (tertiary/aromatic N) is 2. The molecule has 0 aliphatic heterocycles. The molecule has 4 aromatic rings. The average Bonchev–Trinajstić information content (AvgIpc) is 3.38. The lowest BCUT2D eigenvalue weighted by molar-refractivity contribution is 0.0696. The Hall–Kier alpha value is -5.46. The molecule has 0 bridgehead atoms. The van der Waals surface area contributed by atoms with Gasteiger partial charge in [-0.05, 0) is 53.8 Å². The molecule has 0 radical (unpaired) electrons. The van der Waals surface area contributed by atoms with E-state index in [1.165, 1.54) is 30.3 Å². The van der Waals surface area contributed by atoms with Crippen LogP contribution in [0.1, 0.15) is 66.1 Å². The Labute approximate surface area is 231 Å². The zero-order chi connectivity index (χ0) is 29.3. The quantitative estimate of drug-likeness (QED) is 0.188. The number of halogens is 1. The Morgan fingerprint density at radius 2 is 1.73 bits per heavy atom. The van der Waals surface area contributed by atoms with Gasteiger partial charge in [0, 0.05) is 24.7 Å². The number of carboxylic acid groups (broad SMARTS) is 1. The van der Waals surface area contributed by atoms with Gasteiger partial charge in [-0.3, -0.25) is 19.2 Å². The summed E-state index contributed by atoms with van der Waals surface area (Å²) in [6, 6.07) is 9.87. The van der Waals surface area contributed by atoms with E-state index >= 15 is 0 Å². The molecule has 1 aromatic heterocycles. The molecule has 208 valence electrons. The van der Waals surface area contributed by atoms with Crippen molar-refractivity contribution in [2.24, 2.45) is 0 Å². The Bertz CT molecular complexity index is 1780. The highest BCUT2D eigenvalue weighted by molar-refractivity contribution is 5.97. The van der Waals surface area contributed by atoms with Crippen LogP contribution in [0.4, 0.5) is 15.8 Å². The summed E-state index contributed by atoms with van der Waals surface area (Å²) in [6.45, 7) is -0.0870. The van der Waals surface area contributed by atoms with Crippen molar-refractivity contribution in [2.45, 2.75) is 32.0 Å². The molecule has 0 fully saturated rings. The number of nitrogens with one attached hydrogen (secondary N) is 3. The molecule has 1 aliphatic rings. The number of amides is 2. The number of aromatic nitrogens is 2. The monoisotopic (exact) mass is 558 g/mol. The molecule has 6 N–H and O–H groups in total. The molecule has 0 unspecified atom stereocenters. The van der Waals surface area contributed by atoms with Gasteiger partial charge in [0.15, 0.2) is 0 Å². The van der Waals surface area contributed by atoms with Crippen LogP contribution < -0.4 is 32.5 Å². The van der Waals surface area contributed by atoms with Crippen LogP contribution in [0, 0.1) is 5.82 Å². The van der Waals surface area contributed by atoms with E-state index < -0.39 is 34.5 Å². The first kappa shape index (κ1) is 27.1. The third-order valence-electron chi connectivity index (χ3n) is 6.87. The van der Waals surface area contributed by atoms with E-state index in [9.17, 15) is 33.5 Å². The lowest BCUT2D eigenvalue weighted by atomic mass is 10.0. The number of fused-ring (bicyclic) bond motifs is 1. The number of carboxylic acids is 1. The van der Waals surface area contributed by atoms with Crippen LogP contribution in [0.25, 0.3) is 0 Å². The van der Waals surface area contributed by atoms with Crippen molar-refractivity contribution in [1.82, 2.24) is 20.6 Å². The molecular formula is C28H23FN6O6. The highest BCUT2D eigenvalue weighted by atomic mass is 19.1. The summed E-state index contributed by atoms with van der Waals surface area (Å²) in [6.07, 6.45) is 2.31. The molecule has 12 nitrogen and oxygen atoms in total. The van der Waals surface area contributed by atoms with Crippen LogP contribution in [0.3, 0.4) is 0 Å². The standard InChI is InChI=1S/C28H23FN6O6/c29-18-5-1-13(7-16(18)11-31-23-22(30)24(36)25(23)37)10-32-26(38)20-9-21(34-12-33-20)27(39)35-19-6-3-14-8-15(28(40)41)2-4-17(14)19/h1-2,4-5,7-9,12,19,31H,3,6,10-11,30H2,(H,32,38)(H,35,39)(H,40,41)/t19-/m0/s1. The molecule has 13 heteroatoms. The van der Waals surface area contributed by atoms with Crippen molar-refractivity contribution < 1.29 is 23.9 Å². The first-order valence-electron chi connectivity index (χ1n) is 12.5. The fourth-order valence-electron chi connectivity index (χ4n) is 4.65. The normalized spacial score (nSPS) is 13.9. The van der Waals surface area contributed by atoms with E-state index in [0.29, 0.717) is 18.4 Å². The number of benzene rings is 2. The van der Waals surface area contributed by atoms with Gasteiger partial charge >= 0.3 is 5.97 Å². The summed E-state index contributed by atoms with van der Waals surface area (Å²) < 4.78 is 14.3. The number of anilines is 2. The smallest absolute Gasteiger partial charge is 0.335 e. The van der Waals surface area contributed by atoms with E-state index in [1.807, 2.05) is 0 Å². The zero-order valence-electron chi connectivity index (χ0n) is 21.4. The van der Waals surface area contributed by atoms with Gasteiger partial charge in [-0.15, -0.1) is 0 Å². The second-order valence-corrected chi connectivity index (χ2v) is 9.48. The largest absolute Gasteiger partial charge is 0.478 e. The van der Waals surface area contributed by atoms with Crippen molar-refractivity contribution in [3.63, 3.8) is 0 Å². The van der Waals surface area contributed by atoms with E-state index in [4.69, 9.17) is 5.73 Å². The molecule has 5 rings (SSSR count). The molecule has 2 amide bonds. The summed E-state index contributed by atoms with van der Waals surface area (Å²) in [5, 5.41) is 17.4. The predicted octanol–water partition coefficient (Wildman–Crippen LogP) is 1.45. The number of aromatic carboxylic acids is 1. The fraction of sp³-hybridized carbons (Fsp3) is 0.179. The van der Waals surface area contributed by atoms with Crippen LogP contribution in [0.15, 0.2) is 58.4 Å². The summed E-state index contributed by atoms with van der Waals surface area (Å²) in [5.41, 5.74) is 6.22. The first-order valence-corrected chi connectivity index (χ1v) is 12.5. The van der Waals surface area contributed by atoms with Crippen LogP contribution in [0.2, 0.25) is 0 Å². The summed E-state index contributed by atoms with van der Waals surface area (Å²) in [5.74, 6) is -2.68. The topological polar surface area (TPSA) is 193 Å². The van der Waals surface area contributed by atoms with Gasteiger partial charge in [0.05, 0.1) is 11.6 Å². The van der Waals surface area contributed by atoms with Gasteiger partial charge in [0.2, 0.25) is 0 Å². The van der Waals surface area contributed by atoms with Gasteiger partial charge in [0.25, 0.3) is 22.7 Å². The SMILES string of the molecule is Nc1c(NCc2cc(CNC(=O)c3cc(C(=O)N[C@H]4CCc5cc(C(=O)O)ccc54)ncn3)ccc2F)c(=O)c1=O. The summed E-state index contributed by atoms with van der Waals surface area (Å²) in [7, 11) is 0. The Balaban J connectivity index is 1.20. The van der Waals surface area contributed by atoms with Gasteiger partial charge < -0.3 is 26.8 Å². The van der Waals surface area contributed by atoms with E-state index in [-0.39, 0.29) is 53.0 Å². The van der Waals surface area contributed by atoms with Crippen molar-refractivity contribution >= 4 is 29.2 Å². The molecule has 3 aromatic carbocycles. The maximum atomic E-state index is 14.3. The number of hydrogen-bond donors (Lipinski definition) is 5. The maximum absolute atomic E-state index is 14.3. The minimum absolute atomic E-state index is 0.0110. The summed E-state index contributed by atoms with van der Waals surface area (Å²) >= 11 is 0. The van der Waals surface area contributed by atoms with Crippen molar-refractivity contribution in [3.8, 4) is 0 Å². The first-order chi connectivity index (χ1) is 19.6. The van der Waals surface area contributed by atoms with Crippen LogP contribution in [-0.2, 0) is 19.5 Å². The number of rotatable bonds is 9. The second-order valence-electron chi connectivity index (χ2n) is 9.48. The van der Waals surface area contributed by atoms with E-state index in [1.54, 1.807) is 12.1 Å². The summed E-state index contributed by atoms with van der Waals surface area (Å²) in [4.78, 5) is 67.6. The minimum Gasteiger partial charge on any atom is -0.478 e. The Morgan fingerprint density at radius 1 is 0.976 bits per heavy atom. The number of carbonyl (C=O) groups is 3.